The van der Waals surface area contributed by atoms with Gasteiger partial charge in [-0.25, -0.2) is 4.39 Å². The molecule has 4 aromatic rings. The van der Waals surface area contributed by atoms with E-state index in [9.17, 15) is 9.18 Å². The van der Waals surface area contributed by atoms with Crippen LogP contribution in [0, 0.1) is 12.7 Å². The molecule has 30 heavy (non-hydrogen) atoms. The average Bonchev–Trinajstić information content (AvgIpc) is 3.30. The fourth-order valence-corrected chi connectivity index (χ4v) is 3.78. The van der Waals surface area contributed by atoms with Gasteiger partial charge >= 0.3 is 0 Å². The number of nitrogens with zero attached hydrogens (tertiary/aromatic N) is 3. The molecule has 1 aromatic carbocycles. The highest BCUT2D eigenvalue weighted by molar-refractivity contribution is 6.06. The number of pyridine rings is 1. The molecular formula is C21H19FN6O2. The number of carbonyl (C=O) groups excluding carboxylic acids is 1. The monoisotopic (exact) mass is 406 g/mol. The second-order valence-corrected chi connectivity index (χ2v) is 7.14. The molecule has 0 bridgehead atoms. The number of para-hydroxylation sites is 1. The molecule has 3 N–H and O–H groups in total. The number of hydrogen-bond donors (Lipinski definition) is 3. The normalized spacial score (nSPS) is 13.2. The summed E-state index contributed by atoms with van der Waals surface area (Å²) in [5, 5.41) is 14.7. The van der Waals surface area contributed by atoms with Crippen molar-refractivity contribution < 1.29 is 13.9 Å². The fourth-order valence-electron chi connectivity index (χ4n) is 3.78. The summed E-state index contributed by atoms with van der Waals surface area (Å²) >= 11 is 0. The van der Waals surface area contributed by atoms with E-state index in [1.165, 1.54) is 13.2 Å². The molecule has 0 fully saturated rings. The van der Waals surface area contributed by atoms with E-state index >= 15 is 0 Å². The lowest BCUT2D eigenvalue weighted by atomic mass is 10.1. The van der Waals surface area contributed by atoms with E-state index < -0.39 is 5.82 Å². The van der Waals surface area contributed by atoms with Crippen LogP contribution in [-0.2, 0) is 6.42 Å². The number of nitrogens with one attached hydrogen (secondary N) is 3. The van der Waals surface area contributed by atoms with Gasteiger partial charge in [-0.2, -0.15) is 0 Å². The lowest BCUT2D eigenvalue weighted by Gasteiger charge is -2.16. The predicted molar refractivity (Wildman–Crippen MR) is 110 cm³/mol. The first-order valence-corrected chi connectivity index (χ1v) is 9.51. The Balaban J connectivity index is 1.73. The lowest BCUT2D eigenvalue weighted by Crippen LogP contribution is -2.31. The van der Waals surface area contributed by atoms with Gasteiger partial charge in [0, 0.05) is 24.9 Å². The van der Waals surface area contributed by atoms with Crippen LogP contribution in [0.2, 0.25) is 0 Å². The summed E-state index contributed by atoms with van der Waals surface area (Å²) in [6.45, 7) is 2.52. The molecule has 5 rings (SSSR count). The third-order valence-electron chi connectivity index (χ3n) is 5.19. The van der Waals surface area contributed by atoms with Gasteiger partial charge in [-0.05, 0) is 36.8 Å². The molecule has 1 amide bonds. The highest BCUT2D eigenvalue weighted by Crippen LogP contribution is 2.39. The van der Waals surface area contributed by atoms with Gasteiger partial charge in [0.1, 0.15) is 5.69 Å². The molecule has 9 heteroatoms. The lowest BCUT2D eigenvalue weighted by molar-refractivity contribution is 0.0947. The average molecular weight is 406 g/mol. The minimum atomic E-state index is -0.499. The third-order valence-corrected chi connectivity index (χ3v) is 5.19. The second kappa shape index (κ2) is 6.87. The number of ether oxygens (including phenoxy) is 1. The van der Waals surface area contributed by atoms with Gasteiger partial charge in [0.15, 0.2) is 23.0 Å². The quantitative estimate of drug-likeness (QED) is 0.484. The van der Waals surface area contributed by atoms with Gasteiger partial charge in [-0.15, -0.1) is 10.2 Å². The van der Waals surface area contributed by atoms with Crippen molar-refractivity contribution in [3.8, 4) is 17.3 Å². The van der Waals surface area contributed by atoms with Crippen molar-refractivity contribution in [3.63, 3.8) is 0 Å². The third kappa shape index (κ3) is 2.78. The van der Waals surface area contributed by atoms with Crippen LogP contribution in [0.5, 0.6) is 5.75 Å². The number of aryl methyl sites for hydroxylation is 1. The van der Waals surface area contributed by atoms with Gasteiger partial charge < -0.3 is 20.4 Å². The molecule has 0 aliphatic carbocycles. The number of rotatable bonds is 4. The summed E-state index contributed by atoms with van der Waals surface area (Å²) in [5.74, 6) is -0.0935. The van der Waals surface area contributed by atoms with Crippen LogP contribution < -0.4 is 15.4 Å². The van der Waals surface area contributed by atoms with E-state index in [1.54, 1.807) is 12.1 Å². The van der Waals surface area contributed by atoms with Gasteiger partial charge in [-0.3, -0.25) is 9.20 Å². The Morgan fingerprint density at radius 3 is 2.97 bits per heavy atom. The molecule has 0 atom stereocenters. The number of anilines is 2. The minimum absolute atomic E-state index is 0.0661. The number of methoxy groups -OCH3 is 1. The van der Waals surface area contributed by atoms with E-state index in [1.807, 2.05) is 29.7 Å². The molecule has 0 radical (unpaired) electrons. The number of aromatic amines is 1. The largest absolute Gasteiger partial charge is 0.492 e. The fraction of sp³-hybridized carbons (Fsp3) is 0.190. The Hall–Kier alpha value is -3.88. The number of carbonyl (C=O) groups is 1. The Labute approximate surface area is 171 Å². The molecule has 1 aliphatic heterocycles. The van der Waals surface area contributed by atoms with Crippen LogP contribution in [0.4, 0.5) is 15.8 Å². The van der Waals surface area contributed by atoms with Crippen LogP contribution in [0.3, 0.4) is 0 Å². The van der Waals surface area contributed by atoms with Crippen molar-refractivity contribution in [1.82, 2.24) is 24.9 Å². The first-order valence-electron chi connectivity index (χ1n) is 9.51. The Bertz CT molecular complexity index is 1290. The Morgan fingerprint density at radius 2 is 2.13 bits per heavy atom. The summed E-state index contributed by atoms with van der Waals surface area (Å²) in [6.07, 6.45) is 2.53. The predicted octanol–water partition coefficient (Wildman–Crippen LogP) is 3.21. The number of hydrogen-bond acceptors (Lipinski definition) is 5. The highest BCUT2D eigenvalue weighted by Gasteiger charge is 2.29. The van der Waals surface area contributed by atoms with Crippen molar-refractivity contribution in [2.24, 2.45) is 0 Å². The maximum absolute atomic E-state index is 14.2. The molecule has 0 spiro atoms. The van der Waals surface area contributed by atoms with Crippen molar-refractivity contribution >= 4 is 22.9 Å². The molecule has 0 unspecified atom stereocenters. The topological polar surface area (TPSA) is 96.3 Å². The first kappa shape index (κ1) is 18.2. The number of H-pyrrole nitrogens is 1. The summed E-state index contributed by atoms with van der Waals surface area (Å²) in [6, 6.07) is 8.47. The van der Waals surface area contributed by atoms with Crippen molar-refractivity contribution in [2.45, 2.75) is 13.3 Å². The number of fused-ring (bicyclic) bond motifs is 2. The van der Waals surface area contributed by atoms with Crippen LogP contribution in [0.25, 0.3) is 17.2 Å². The van der Waals surface area contributed by atoms with Gasteiger partial charge in [0.2, 0.25) is 0 Å². The molecule has 1 aliphatic rings. The Kier molecular flexibility index (Phi) is 4.16. The summed E-state index contributed by atoms with van der Waals surface area (Å²) in [4.78, 5) is 16.0. The smallest absolute Gasteiger partial charge is 0.255 e. The summed E-state index contributed by atoms with van der Waals surface area (Å²) in [5.41, 5.74) is 4.52. The molecule has 0 saturated heterocycles. The maximum atomic E-state index is 14.2. The zero-order valence-corrected chi connectivity index (χ0v) is 16.4. The second-order valence-electron chi connectivity index (χ2n) is 7.14. The van der Waals surface area contributed by atoms with E-state index in [-0.39, 0.29) is 11.7 Å². The standard InChI is InChI=1S/C21H19FN6O2/c1-11-7-9-28-15(10-11)26-27-20(28)18-17(16-13(24-18)6-8-23-21(16)29)25-14-5-3-4-12(22)19(14)30-2/h3-5,7,9-10,24-25H,6,8H2,1-2H3,(H,23,29). The van der Waals surface area contributed by atoms with E-state index in [4.69, 9.17) is 4.74 Å². The van der Waals surface area contributed by atoms with Crippen molar-refractivity contribution in [1.29, 1.82) is 0 Å². The number of halogens is 1. The Morgan fingerprint density at radius 1 is 1.27 bits per heavy atom. The van der Waals surface area contributed by atoms with Crippen molar-refractivity contribution in [2.75, 3.05) is 19.0 Å². The molecular weight excluding hydrogens is 387 g/mol. The van der Waals surface area contributed by atoms with Gasteiger partial charge in [0.05, 0.1) is 24.0 Å². The zero-order valence-electron chi connectivity index (χ0n) is 16.4. The molecule has 152 valence electrons. The molecule has 0 saturated carbocycles. The summed E-state index contributed by atoms with van der Waals surface area (Å²) < 4.78 is 21.3. The first-order chi connectivity index (χ1) is 14.6. The number of amides is 1. The molecule has 8 nitrogen and oxygen atoms in total. The molecule has 3 aromatic heterocycles. The van der Waals surface area contributed by atoms with E-state index in [2.05, 4.69) is 25.8 Å². The maximum Gasteiger partial charge on any atom is 0.255 e. The zero-order chi connectivity index (χ0) is 20.8. The number of aromatic nitrogens is 4. The summed E-state index contributed by atoms with van der Waals surface area (Å²) in [7, 11) is 1.40. The SMILES string of the molecule is COc1c(F)cccc1Nc1c(-c2nnc3cc(C)ccn23)[nH]c2c1C(=O)NCC2. The van der Waals surface area contributed by atoms with Crippen LogP contribution in [-0.4, -0.2) is 39.1 Å². The van der Waals surface area contributed by atoms with Crippen LogP contribution in [0.15, 0.2) is 36.5 Å². The van der Waals surface area contributed by atoms with Crippen LogP contribution >= 0.6 is 0 Å². The minimum Gasteiger partial charge on any atom is -0.492 e. The number of benzene rings is 1. The highest BCUT2D eigenvalue weighted by atomic mass is 19.1. The van der Waals surface area contributed by atoms with Gasteiger partial charge in [-0.1, -0.05) is 6.07 Å². The molecule has 4 heterocycles. The van der Waals surface area contributed by atoms with Crippen LogP contribution in [0.1, 0.15) is 21.6 Å². The van der Waals surface area contributed by atoms with Gasteiger partial charge in [0.25, 0.3) is 5.91 Å². The van der Waals surface area contributed by atoms with E-state index in [0.717, 1.165) is 11.3 Å². The van der Waals surface area contributed by atoms with Crippen molar-refractivity contribution in [3.05, 3.63) is 59.2 Å². The van der Waals surface area contributed by atoms with E-state index in [0.29, 0.717) is 47.1 Å².